The van der Waals surface area contributed by atoms with Crippen molar-refractivity contribution in [1.82, 2.24) is 15.5 Å². The molecule has 6 heteroatoms. The Labute approximate surface area is 178 Å². The summed E-state index contributed by atoms with van der Waals surface area (Å²) in [4.78, 5) is 27.6. The molecule has 0 unspecified atom stereocenters. The monoisotopic (exact) mass is 413 g/mol. The van der Waals surface area contributed by atoms with Gasteiger partial charge in [0.2, 0.25) is 5.91 Å². The number of nitrogens with one attached hydrogen (secondary N) is 2. The van der Waals surface area contributed by atoms with Gasteiger partial charge in [0, 0.05) is 18.7 Å². The standard InChI is InChI=1S/C23H31N3O2S/c1-17-8-7-11-18(14-17)22(27)25-21(12-13-29-4)23(28)24-15-19-9-5-6-10-20(19)16-26(2)3/h5-11,14,21H,12-13,15-16H2,1-4H3,(H,24,28)(H,25,27)/t21-/m1/s1. The van der Waals surface area contributed by atoms with Crippen LogP contribution in [0.5, 0.6) is 0 Å². The van der Waals surface area contributed by atoms with Gasteiger partial charge in [0.25, 0.3) is 5.91 Å². The van der Waals surface area contributed by atoms with Crippen molar-refractivity contribution in [3.63, 3.8) is 0 Å². The van der Waals surface area contributed by atoms with E-state index in [9.17, 15) is 9.59 Å². The van der Waals surface area contributed by atoms with Crippen LogP contribution in [0.25, 0.3) is 0 Å². The van der Waals surface area contributed by atoms with Gasteiger partial charge in [-0.05, 0) is 62.7 Å². The highest BCUT2D eigenvalue weighted by Crippen LogP contribution is 2.11. The lowest BCUT2D eigenvalue weighted by atomic mass is 10.1. The van der Waals surface area contributed by atoms with E-state index < -0.39 is 6.04 Å². The minimum Gasteiger partial charge on any atom is -0.350 e. The normalized spacial score (nSPS) is 11.9. The first kappa shape index (κ1) is 23.0. The number of hydrogen-bond donors (Lipinski definition) is 2. The fraction of sp³-hybridized carbons (Fsp3) is 0.391. The van der Waals surface area contributed by atoms with E-state index in [0.29, 0.717) is 18.5 Å². The van der Waals surface area contributed by atoms with Crippen LogP contribution in [0.4, 0.5) is 0 Å². The van der Waals surface area contributed by atoms with Crippen LogP contribution in [0.1, 0.15) is 33.5 Å². The van der Waals surface area contributed by atoms with E-state index in [0.717, 1.165) is 23.4 Å². The summed E-state index contributed by atoms with van der Waals surface area (Å²) in [6, 6.07) is 14.9. The quantitative estimate of drug-likeness (QED) is 0.628. The number of nitrogens with zero attached hydrogens (tertiary/aromatic N) is 1. The Morgan fingerprint density at radius 3 is 2.45 bits per heavy atom. The number of thioether (sulfide) groups is 1. The molecule has 0 saturated carbocycles. The number of hydrogen-bond acceptors (Lipinski definition) is 4. The SMILES string of the molecule is CSCC[C@@H](NC(=O)c1cccc(C)c1)C(=O)NCc1ccccc1CN(C)C. The molecule has 0 bridgehead atoms. The molecule has 0 spiro atoms. The highest BCUT2D eigenvalue weighted by Gasteiger charge is 2.21. The van der Waals surface area contributed by atoms with Crippen LogP contribution < -0.4 is 10.6 Å². The minimum absolute atomic E-state index is 0.153. The third-order valence-electron chi connectivity index (χ3n) is 4.57. The molecular formula is C23H31N3O2S. The Hall–Kier alpha value is -2.31. The van der Waals surface area contributed by atoms with Gasteiger partial charge in [0.05, 0.1) is 0 Å². The molecule has 5 nitrogen and oxygen atoms in total. The molecule has 0 aliphatic carbocycles. The summed E-state index contributed by atoms with van der Waals surface area (Å²) in [5, 5.41) is 5.91. The third-order valence-corrected chi connectivity index (χ3v) is 5.21. The predicted molar refractivity (Wildman–Crippen MR) is 121 cm³/mol. The molecule has 0 saturated heterocycles. The first-order valence-corrected chi connectivity index (χ1v) is 11.2. The zero-order chi connectivity index (χ0) is 21.2. The zero-order valence-corrected chi connectivity index (χ0v) is 18.5. The average molecular weight is 414 g/mol. The largest absolute Gasteiger partial charge is 0.350 e. The Morgan fingerprint density at radius 1 is 1.07 bits per heavy atom. The summed E-state index contributed by atoms with van der Waals surface area (Å²) in [7, 11) is 4.04. The van der Waals surface area contributed by atoms with Crippen molar-refractivity contribution in [2.45, 2.75) is 32.5 Å². The Bertz CT molecular complexity index is 823. The van der Waals surface area contributed by atoms with Crippen molar-refractivity contribution in [3.05, 3.63) is 70.8 Å². The highest BCUT2D eigenvalue weighted by molar-refractivity contribution is 7.98. The van der Waals surface area contributed by atoms with E-state index in [1.54, 1.807) is 17.8 Å². The summed E-state index contributed by atoms with van der Waals surface area (Å²) in [6.07, 6.45) is 2.58. The van der Waals surface area contributed by atoms with Crippen molar-refractivity contribution in [2.75, 3.05) is 26.1 Å². The lowest BCUT2D eigenvalue weighted by Gasteiger charge is -2.19. The topological polar surface area (TPSA) is 61.4 Å². The Kier molecular flexibility index (Phi) is 9.22. The van der Waals surface area contributed by atoms with Crippen LogP contribution in [-0.4, -0.2) is 48.9 Å². The molecule has 0 aromatic heterocycles. The smallest absolute Gasteiger partial charge is 0.251 e. The molecule has 0 aliphatic rings. The molecular weight excluding hydrogens is 382 g/mol. The van der Waals surface area contributed by atoms with Crippen molar-refractivity contribution >= 4 is 23.6 Å². The van der Waals surface area contributed by atoms with Crippen molar-refractivity contribution in [1.29, 1.82) is 0 Å². The molecule has 1 atom stereocenters. The second-order valence-electron chi connectivity index (χ2n) is 7.40. The molecule has 0 fully saturated rings. The van der Waals surface area contributed by atoms with Gasteiger partial charge in [-0.1, -0.05) is 42.0 Å². The molecule has 2 aromatic rings. The zero-order valence-electron chi connectivity index (χ0n) is 17.7. The average Bonchev–Trinajstić information content (AvgIpc) is 2.69. The van der Waals surface area contributed by atoms with Gasteiger partial charge in [0.1, 0.15) is 6.04 Å². The van der Waals surface area contributed by atoms with Crippen LogP contribution in [0, 0.1) is 6.92 Å². The fourth-order valence-electron chi connectivity index (χ4n) is 3.06. The van der Waals surface area contributed by atoms with Gasteiger partial charge in [-0.15, -0.1) is 0 Å². The molecule has 0 aliphatic heterocycles. The number of benzene rings is 2. The number of carbonyl (C=O) groups is 2. The summed E-state index contributed by atoms with van der Waals surface area (Å²) < 4.78 is 0. The maximum atomic E-state index is 12.8. The number of carbonyl (C=O) groups excluding carboxylic acids is 2. The number of amides is 2. The maximum absolute atomic E-state index is 12.8. The first-order valence-electron chi connectivity index (χ1n) is 9.76. The van der Waals surface area contributed by atoms with Gasteiger partial charge in [-0.2, -0.15) is 11.8 Å². The van der Waals surface area contributed by atoms with E-state index in [-0.39, 0.29) is 11.8 Å². The predicted octanol–water partition coefficient (Wildman–Crippen LogP) is 3.22. The molecule has 0 heterocycles. The van der Waals surface area contributed by atoms with Crippen LogP contribution in [0.15, 0.2) is 48.5 Å². The van der Waals surface area contributed by atoms with Crippen LogP contribution in [0.2, 0.25) is 0 Å². The van der Waals surface area contributed by atoms with Gasteiger partial charge in [-0.25, -0.2) is 0 Å². The molecule has 156 valence electrons. The molecule has 0 radical (unpaired) electrons. The molecule has 2 rings (SSSR count). The molecule has 2 amide bonds. The summed E-state index contributed by atoms with van der Waals surface area (Å²) in [6.45, 7) is 3.20. The Balaban J connectivity index is 2.04. The van der Waals surface area contributed by atoms with Crippen LogP contribution in [-0.2, 0) is 17.9 Å². The third kappa shape index (κ3) is 7.55. The first-order chi connectivity index (χ1) is 13.9. The fourth-order valence-corrected chi connectivity index (χ4v) is 3.53. The van der Waals surface area contributed by atoms with Crippen molar-refractivity contribution < 1.29 is 9.59 Å². The van der Waals surface area contributed by atoms with E-state index in [2.05, 4.69) is 21.6 Å². The second-order valence-corrected chi connectivity index (χ2v) is 8.39. The Morgan fingerprint density at radius 2 is 1.79 bits per heavy atom. The lowest BCUT2D eigenvalue weighted by Crippen LogP contribution is -2.47. The van der Waals surface area contributed by atoms with Crippen LogP contribution in [0.3, 0.4) is 0 Å². The van der Waals surface area contributed by atoms with Crippen molar-refractivity contribution in [3.8, 4) is 0 Å². The van der Waals surface area contributed by atoms with Crippen molar-refractivity contribution in [2.24, 2.45) is 0 Å². The molecule has 29 heavy (non-hydrogen) atoms. The number of rotatable bonds is 10. The minimum atomic E-state index is -0.559. The molecule has 2 aromatic carbocycles. The van der Waals surface area contributed by atoms with E-state index in [4.69, 9.17) is 0 Å². The van der Waals surface area contributed by atoms with E-state index in [1.165, 1.54) is 5.56 Å². The number of aryl methyl sites for hydroxylation is 1. The van der Waals surface area contributed by atoms with Gasteiger partial charge in [0.15, 0.2) is 0 Å². The maximum Gasteiger partial charge on any atom is 0.251 e. The summed E-state index contributed by atoms with van der Waals surface area (Å²) in [5.74, 6) is 0.423. The highest BCUT2D eigenvalue weighted by atomic mass is 32.2. The molecule has 2 N–H and O–H groups in total. The van der Waals surface area contributed by atoms with E-state index in [1.807, 2.05) is 63.7 Å². The van der Waals surface area contributed by atoms with Gasteiger partial charge < -0.3 is 15.5 Å². The lowest BCUT2D eigenvalue weighted by molar-refractivity contribution is -0.123. The van der Waals surface area contributed by atoms with Crippen LogP contribution >= 0.6 is 11.8 Å². The second kappa shape index (κ2) is 11.6. The summed E-state index contributed by atoms with van der Waals surface area (Å²) in [5.41, 5.74) is 3.86. The van der Waals surface area contributed by atoms with Gasteiger partial charge in [-0.3, -0.25) is 9.59 Å². The summed E-state index contributed by atoms with van der Waals surface area (Å²) >= 11 is 1.66. The van der Waals surface area contributed by atoms with E-state index >= 15 is 0 Å². The van der Waals surface area contributed by atoms with Gasteiger partial charge >= 0.3 is 0 Å².